The number of hydrogen-bond donors (Lipinski definition) is 1. The van der Waals surface area contributed by atoms with Crippen LogP contribution in [0.2, 0.25) is 0 Å². The minimum atomic E-state index is -0.477. The van der Waals surface area contributed by atoms with Gasteiger partial charge in [0.1, 0.15) is 0 Å². The summed E-state index contributed by atoms with van der Waals surface area (Å²) in [6, 6.07) is 13.8. The van der Waals surface area contributed by atoms with Crippen molar-refractivity contribution in [1.82, 2.24) is 5.32 Å². The van der Waals surface area contributed by atoms with Crippen LogP contribution >= 0.6 is 11.8 Å². The Morgan fingerprint density at radius 2 is 2.00 bits per heavy atom. The van der Waals surface area contributed by atoms with E-state index in [-0.39, 0.29) is 17.2 Å². The van der Waals surface area contributed by atoms with Crippen molar-refractivity contribution >= 4 is 23.4 Å². The second kappa shape index (κ2) is 7.42. The Labute approximate surface area is 132 Å². The zero-order valence-electron chi connectivity index (χ0n) is 11.7. The molecular weight excluding hydrogens is 300 g/mol. The SMILES string of the molecule is C=CCNC(=O)c1ccc(Sc2ccccc2)c([N+](=O)[O-])c1. The molecule has 0 radical (unpaired) electrons. The van der Waals surface area contributed by atoms with E-state index < -0.39 is 4.92 Å². The van der Waals surface area contributed by atoms with E-state index in [0.717, 1.165) is 4.90 Å². The van der Waals surface area contributed by atoms with E-state index in [0.29, 0.717) is 11.4 Å². The zero-order valence-corrected chi connectivity index (χ0v) is 12.5. The molecule has 0 heterocycles. The van der Waals surface area contributed by atoms with Crippen LogP contribution in [0.5, 0.6) is 0 Å². The van der Waals surface area contributed by atoms with Crippen LogP contribution in [0, 0.1) is 10.1 Å². The van der Waals surface area contributed by atoms with Crippen LogP contribution in [0.15, 0.2) is 71.0 Å². The predicted octanol–water partition coefficient (Wildman–Crippen LogP) is 3.66. The summed E-state index contributed by atoms with van der Waals surface area (Å²) in [5.41, 5.74) is 0.172. The summed E-state index contributed by atoms with van der Waals surface area (Å²) in [5.74, 6) is -0.362. The molecule has 5 nitrogen and oxygen atoms in total. The maximum absolute atomic E-state index is 11.9. The van der Waals surface area contributed by atoms with Gasteiger partial charge in [0.05, 0.1) is 9.82 Å². The van der Waals surface area contributed by atoms with E-state index in [9.17, 15) is 14.9 Å². The van der Waals surface area contributed by atoms with Crippen molar-refractivity contribution in [3.05, 3.63) is 76.9 Å². The van der Waals surface area contributed by atoms with Gasteiger partial charge >= 0.3 is 0 Å². The zero-order chi connectivity index (χ0) is 15.9. The van der Waals surface area contributed by atoms with Crippen LogP contribution in [0.3, 0.4) is 0 Å². The number of nitrogens with zero attached hydrogens (tertiary/aromatic N) is 1. The van der Waals surface area contributed by atoms with Crippen LogP contribution in [-0.2, 0) is 0 Å². The average molecular weight is 314 g/mol. The van der Waals surface area contributed by atoms with Gasteiger partial charge in [-0.25, -0.2) is 0 Å². The van der Waals surface area contributed by atoms with Gasteiger partial charge in [-0.05, 0) is 24.3 Å². The van der Waals surface area contributed by atoms with Crippen LogP contribution in [0.4, 0.5) is 5.69 Å². The van der Waals surface area contributed by atoms with Gasteiger partial charge in [0.15, 0.2) is 0 Å². The second-order valence-corrected chi connectivity index (χ2v) is 5.47. The molecule has 0 saturated carbocycles. The lowest BCUT2D eigenvalue weighted by Gasteiger charge is -2.06. The van der Waals surface area contributed by atoms with Crippen LogP contribution in [0.25, 0.3) is 0 Å². The highest BCUT2D eigenvalue weighted by atomic mass is 32.2. The van der Waals surface area contributed by atoms with Crippen molar-refractivity contribution in [3.8, 4) is 0 Å². The molecule has 1 N–H and O–H groups in total. The summed E-state index contributed by atoms with van der Waals surface area (Å²) in [5, 5.41) is 13.8. The Bertz CT molecular complexity index is 702. The van der Waals surface area contributed by atoms with E-state index in [2.05, 4.69) is 11.9 Å². The maximum Gasteiger partial charge on any atom is 0.284 e. The van der Waals surface area contributed by atoms with Crippen LogP contribution in [0.1, 0.15) is 10.4 Å². The van der Waals surface area contributed by atoms with Crippen molar-refractivity contribution < 1.29 is 9.72 Å². The molecule has 0 aromatic heterocycles. The predicted molar refractivity (Wildman–Crippen MR) is 86.2 cm³/mol. The Kier molecular flexibility index (Phi) is 5.32. The summed E-state index contributed by atoms with van der Waals surface area (Å²) in [4.78, 5) is 24.0. The van der Waals surface area contributed by atoms with Crippen molar-refractivity contribution in [2.45, 2.75) is 9.79 Å². The minimum absolute atomic E-state index is 0.0832. The largest absolute Gasteiger partial charge is 0.349 e. The van der Waals surface area contributed by atoms with Crippen molar-refractivity contribution in [1.29, 1.82) is 0 Å². The molecule has 0 atom stereocenters. The summed E-state index contributed by atoms with van der Waals surface area (Å²) >= 11 is 1.29. The van der Waals surface area contributed by atoms with Crippen molar-refractivity contribution in [3.63, 3.8) is 0 Å². The lowest BCUT2D eigenvalue weighted by atomic mass is 10.2. The first-order valence-corrected chi connectivity index (χ1v) is 7.34. The monoisotopic (exact) mass is 314 g/mol. The molecule has 2 aromatic carbocycles. The fourth-order valence-electron chi connectivity index (χ4n) is 1.77. The molecule has 0 unspecified atom stereocenters. The summed E-state index contributed by atoms with van der Waals surface area (Å²) < 4.78 is 0. The van der Waals surface area contributed by atoms with Crippen molar-refractivity contribution in [2.24, 2.45) is 0 Å². The van der Waals surface area contributed by atoms with Gasteiger partial charge in [-0.1, -0.05) is 36.0 Å². The fraction of sp³-hybridized carbons (Fsp3) is 0.0625. The highest BCUT2D eigenvalue weighted by Crippen LogP contribution is 2.35. The van der Waals surface area contributed by atoms with Gasteiger partial charge in [0.2, 0.25) is 0 Å². The number of hydrogen-bond acceptors (Lipinski definition) is 4. The molecule has 0 bridgehead atoms. The molecule has 0 fully saturated rings. The molecule has 0 aliphatic rings. The van der Waals surface area contributed by atoms with E-state index in [4.69, 9.17) is 0 Å². The molecular formula is C16H14N2O3S. The number of carbonyl (C=O) groups excluding carboxylic acids is 1. The first kappa shape index (κ1) is 15.8. The molecule has 2 rings (SSSR count). The molecule has 0 aliphatic heterocycles. The molecule has 6 heteroatoms. The lowest BCUT2D eigenvalue weighted by molar-refractivity contribution is -0.387. The molecule has 2 aromatic rings. The van der Waals surface area contributed by atoms with Crippen molar-refractivity contribution in [2.75, 3.05) is 6.54 Å². The third-order valence-corrected chi connectivity index (χ3v) is 3.87. The summed E-state index contributed by atoms with van der Waals surface area (Å²) in [6.45, 7) is 3.82. The summed E-state index contributed by atoms with van der Waals surface area (Å²) in [7, 11) is 0. The standard InChI is InChI=1S/C16H14N2O3S/c1-2-10-17-16(19)12-8-9-15(14(11-12)18(20)21)22-13-6-4-3-5-7-13/h2-9,11H,1,10H2,(H,17,19). The highest BCUT2D eigenvalue weighted by Gasteiger charge is 2.18. The number of nitro benzene ring substituents is 1. The van der Waals surface area contributed by atoms with Gasteiger partial charge in [-0.15, -0.1) is 6.58 Å². The van der Waals surface area contributed by atoms with Gasteiger partial charge in [0.25, 0.3) is 11.6 Å². The fourth-order valence-corrected chi connectivity index (χ4v) is 2.69. The quantitative estimate of drug-likeness (QED) is 0.502. The Morgan fingerprint density at radius 1 is 1.27 bits per heavy atom. The Balaban J connectivity index is 2.29. The van der Waals surface area contributed by atoms with Gasteiger partial charge in [-0.3, -0.25) is 14.9 Å². The topological polar surface area (TPSA) is 72.2 Å². The van der Waals surface area contributed by atoms with E-state index in [1.54, 1.807) is 18.2 Å². The first-order valence-electron chi connectivity index (χ1n) is 6.52. The third kappa shape index (κ3) is 3.95. The van der Waals surface area contributed by atoms with E-state index in [1.807, 2.05) is 30.3 Å². The number of amides is 1. The number of rotatable bonds is 6. The summed E-state index contributed by atoms with van der Waals surface area (Å²) in [6.07, 6.45) is 1.55. The molecule has 1 amide bonds. The first-order chi connectivity index (χ1) is 10.6. The normalized spacial score (nSPS) is 10.0. The number of carbonyl (C=O) groups is 1. The lowest BCUT2D eigenvalue weighted by Crippen LogP contribution is -2.23. The third-order valence-electron chi connectivity index (χ3n) is 2.80. The average Bonchev–Trinajstić information content (AvgIpc) is 2.53. The van der Waals surface area contributed by atoms with Gasteiger partial charge in [-0.2, -0.15) is 0 Å². The van der Waals surface area contributed by atoms with Gasteiger partial charge in [0, 0.05) is 23.1 Å². The second-order valence-electron chi connectivity index (χ2n) is 4.35. The molecule has 0 saturated heterocycles. The maximum atomic E-state index is 11.9. The smallest absolute Gasteiger partial charge is 0.284 e. The number of benzene rings is 2. The minimum Gasteiger partial charge on any atom is -0.349 e. The number of nitro groups is 1. The van der Waals surface area contributed by atoms with Crippen LogP contribution in [-0.4, -0.2) is 17.4 Å². The Morgan fingerprint density at radius 3 is 2.64 bits per heavy atom. The molecule has 112 valence electrons. The van der Waals surface area contributed by atoms with Gasteiger partial charge < -0.3 is 5.32 Å². The van der Waals surface area contributed by atoms with E-state index >= 15 is 0 Å². The molecule has 0 aliphatic carbocycles. The van der Waals surface area contributed by atoms with Crippen LogP contribution < -0.4 is 5.32 Å². The highest BCUT2D eigenvalue weighted by molar-refractivity contribution is 7.99. The Hall–Kier alpha value is -2.60. The number of nitrogens with one attached hydrogen (secondary N) is 1. The molecule has 22 heavy (non-hydrogen) atoms. The molecule has 0 spiro atoms. The van der Waals surface area contributed by atoms with E-state index in [1.165, 1.54) is 17.8 Å².